The van der Waals surface area contributed by atoms with Crippen LogP contribution in [0, 0.1) is 13.8 Å². The number of anilines is 2. The summed E-state index contributed by atoms with van der Waals surface area (Å²) in [6, 6.07) is 8.61. The lowest BCUT2D eigenvalue weighted by atomic mass is 10.2. The third-order valence-corrected chi connectivity index (χ3v) is 4.60. The van der Waals surface area contributed by atoms with Gasteiger partial charge in [-0.1, -0.05) is 23.8 Å². The molecule has 0 unspecified atom stereocenters. The van der Waals surface area contributed by atoms with Crippen molar-refractivity contribution in [3.8, 4) is 0 Å². The van der Waals surface area contributed by atoms with Crippen LogP contribution in [0.4, 0.5) is 11.5 Å². The Balaban J connectivity index is 2.19. The Morgan fingerprint density at radius 2 is 2.00 bits per heavy atom. The van der Waals surface area contributed by atoms with Crippen LogP contribution in [0.5, 0.6) is 0 Å². The lowest BCUT2D eigenvalue weighted by molar-refractivity contribution is 0.600. The maximum absolute atomic E-state index is 12.4. The van der Waals surface area contributed by atoms with Crippen LogP contribution in [0.2, 0.25) is 0 Å². The molecule has 6 heteroatoms. The van der Waals surface area contributed by atoms with Crippen LogP contribution in [-0.4, -0.2) is 19.9 Å². The topological polar surface area (TPSA) is 71.1 Å². The van der Waals surface area contributed by atoms with E-state index in [9.17, 15) is 8.42 Å². The largest absolute Gasteiger partial charge is 0.367 e. The summed E-state index contributed by atoms with van der Waals surface area (Å²) < 4.78 is 27.4. The van der Waals surface area contributed by atoms with E-state index in [-0.39, 0.29) is 4.90 Å². The van der Waals surface area contributed by atoms with Crippen molar-refractivity contribution in [3.05, 3.63) is 60.3 Å². The summed E-state index contributed by atoms with van der Waals surface area (Å²) in [6.45, 7) is 7.91. The van der Waals surface area contributed by atoms with Gasteiger partial charge in [0.1, 0.15) is 5.82 Å². The molecule has 116 valence electrons. The van der Waals surface area contributed by atoms with E-state index in [1.54, 1.807) is 37.3 Å². The van der Waals surface area contributed by atoms with E-state index in [1.165, 1.54) is 6.20 Å². The highest BCUT2D eigenvalue weighted by Crippen LogP contribution is 2.20. The Labute approximate surface area is 131 Å². The third-order valence-electron chi connectivity index (χ3n) is 3.06. The smallest absolute Gasteiger partial charge is 0.262 e. The molecule has 2 rings (SSSR count). The van der Waals surface area contributed by atoms with Gasteiger partial charge in [-0.3, -0.25) is 4.72 Å². The van der Waals surface area contributed by atoms with E-state index in [1.807, 2.05) is 13.0 Å². The quantitative estimate of drug-likeness (QED) is 0.803. The number of aryl methyl sites for hydroxylation is 2. The average Bonchev–Trinajstić information content (AvgIpc) is 2.45. The highest BCUT2D eigenvalue weighted by molar-refractivity contribution is 7.92. The molecule has 2 aromatic rings. The SMILES string of the molecule is C=CCNc1ccc(NS(=O)(=O)c2ccc(C)cc2C)cn1. The van der Waals surface area contributed by atoms with Crippen molar-refractivity contribution in [1.82, 2.24) is 4.98 Å². The number of pyridine rings is 1. The normalized spacial score (nSPS) is 11.0. The van der Waals surface area contributed by atoms with E-state index < -0.39 is 10.0 Å². The number of sulfonamides is 1. The Morgan fingerprint density at radius 3 is 2.59 bits per heavy atom. The van der Waals surface area contributed by atoms with Crippen molar-refractivity contribution in [2.24, 2.45) is 0 Å². The molecule has 1 heterocycles. The fourth-order valence-electron chi connectivity index (χ4n) is 2.05. The fraction of sp³-hybridized carbons (Fsp3) is 0.188. The molecule has 2 N–H and O–H groups in total. The first kappa shape index (κ1) is 16.0. The van der Waals surface area contributed by atoms with E-state index in [2.05, 4.69) is 21.6 Å². The number of hydrogen-bond acceptors (Lipinski definition) is 4. The molecule has 0 aliphatic heterocycles. The van der Waals surface area contributed by atoms with Crippen molar-refractivity contribution in [2.75, 3.05) is 16.6 Å². The number of rotatable bonds is 6. The zero-order valence-corrected chi connectivity index (χ0v) is 13.4. The Morgan fingerprint density at radius 1 is 1.23 bits per heavy atom. The summed E-state index contributed by atoms with van der Waals surface area (Å²) in [5.74, 6) is 0.661. The summed E-state index contributed by atoms with van der Waals surface area (Å²) in [6.07, 6.45) is 3.20. The first-order chi connectivity index (χ1) is 10.4. The van der Waals surface area contributed by atoms with Gasteiger partial charge in [-0.2, -0.15) is 0 Å². The molecule has 0 spiro atoms. The highest BCUT2D eigenvalue weighted by atomic mass is 32.2. The van der Waals surface area contributed by atoms with Gasteiger partial charge in [0.15, 0.2) is 0 Å². The van der Waals surface area contributed by atoms with Crippen molar-refractivity contribution >= 4 is 21.5 Å². The van der Waals surface area contributed by atoms with Gasteiger partial charge < -0.3 is 5.32 Å². The summed E-state index contributed by atoms with van der Waals surface area (Å²) in [7, 11) is -3.62. The van der Waals surface area contributed by atoms with Crippen LogP contribution in [0.15, 0.2) is 54.1 Å². The molecule has 0 saturated heterocycles. The molecule has 5 nitrogen and oxygen atoms in total. The zero-order chi connectivity index (χ0) is 16.2. The van der Waals surface area contributed by atoms with Crippen molar-refractivity contribution in [3.63, 3.8) is 0 Å². The van der Waals surface area contributed by atoms with Crippen LogP contribution in [0.1, 0.15) is 11.1 Å². The molecule has 0 atom stereocenters. The van der Waals surface area contributed by atoms with E-state index in [0.717, 1.165) is 5.56 Å². The van der Waals surface area contributed by atoms with Crippen LogP contribution >= 0.6 is 0 Å². The summed E-state index contributed by atoms with van der Waals surface area (Å²) in [5, 5.41) is 3.03. The van der Waals surface area contributed by atoms with Crippen LogP contribution in [0.3, 0.4) is 0 Å². The number of nitrogens with zero attached hydrogens (tertiary/aromatic N) is 1. The van der Waals surface area contributed by atoms with Gasteiger partial charge >= 0.3 is 0 Å². The van der Waals surface area contributed by atoms with Crippen molar-refractivity contribution < 1.29 is 8.42 Å². The standard InChI is InChI=1S/C16H19N3O2S/c1-4-9-17-16-8-6-14(11-18-16)19-22(20,21)15-7-5-12(2)10-13(15)3/h4-8,10-11,19H,1,9H2,2-3H3,(H,17,18). The Bertz CT molecular complexity index is 768. The molecule has 0 amide bonds. The van der Waals surface area contributed by atoms with Crippen molar-refractivity contribution in [2.45, 2.75) is 18.7 Å². The van der Waals surface area contributed by atoms with Crippen LogP contribution in [0.25, 0.3) is 0 Å². The van der Waals surface area contributed by atoms with Gasteiger partial charge in [-0.05, 0) is 37.6 Å². The minimum atomic E-state index is -3.62. The van der Waals surface area contributed by atoms with Gasteiger partial charge in [0.05, 0.1) is 16.8 Å². The number of aromatic nitrogens is 1. The lowest BCUT2D eigenvalue weighted by Gasteiger charge is -2.11. The van der Waals surface area contributed by atoms with E-state index in [4.69, 9.17) is 0 Å². The Kier molecular flexibility index (Phi) is 4.82. The fourth-order valence-corrected chi connectivity index (χ4v) is 3.32. The van der Waals surface area contributed by atoms with E-state index in [0.29, 0.717) is 23.6 Å². The molecular formula is C16H19N3O2S. The third kappa shape index (κ3) is 3.85. The monoisotopic (exact) mass is 317 g/mol. The Hall–Kier alpha value is -2.34. The lowest BCUT2D eigenvalue weighted by Crippen LogP contribution is -2.14. The molecule has 1 aromatic carbocycles. The van der Waals surface area contributed by atoms with Gasteiger partial charge in [0.2, 0.25) is 0 Å². The predicted octanol–water partition coefficient (Wildman–Crippen LogP) is 3.10. The molecule has 0 fully saturated rings. The summed E-state index contributed by atoms with van der Waals surface area (Å²) in [4.78, 5) is 4.42. The van der Waals surface area contributed by atoms with Crippen molar-refractivity contribution in [1.29, 1.82) is 0 Å². The molecule has 0 aliphatic rings. The van der Waals surface area contributed by atoms with Gasteiger partial charge in [0.25, 0.3) is 10.0 Å². The molecule has 0 radical (unpaired) electrons. The van der Waals surface area contributed by atoms with Gasteiger partial charge in [-0.25, -0.2) is 13.4 Å². The molecule has 1 aromatic heterocycles. The first-order valence-corrected chi connectivity index (χ1v) is 8.31. The second-order valence-corrected chi connectivity index (χ2v) is 6.63. The van der Waals surface area contributed by atoms with Gasteiger partial charge in [0, 0.05) is 6.54 Å². The number of benzene rings is 1. The van der Waals surface area contributed by atoms with Gasteiger partial charge in [-0.15, -0.1) is 6.58 Å². The predicted molar refractivity (Wildman–Crippen MR) is 89.6 cm³/mol. The maximum atomic E-state index is 12.4. The zero-order valence-electron chi connectivity index (χ0n) is 12.6. The summed E-state index contributed by atoms with van der Waals surface area (Å²) >= 11 is 0. The molecule has 22 heavy (non-hydrogen) atoms. The highest BCUT2D eigenvalue weighted by Gasteiger charge is 2.16. The second kappa shape index (κ2) is 6.62. The minimum Gasteiger partial charge on any atom is -0.367 e. The number of hydrogen-bond donors (Lipinski definition) is 2. The molecule has 0 aliphatic carbocycles. The van der Waals surface area contributed by atoms with Crippen LogP contribution in [-0.2, 0) is 10.0 Å². The number of nitrogens with one attached hydrogen (secondary N) is 2. The average molecular weight is 317 g/mol. The molecule has 0 saturated carbocycles. The van der Waals surface area contributed by atoms with E-state index >= 15 is 0 Å². The maximum Gasteiger partial charge on any atom is 0.262 e. The second-order valence-electron chi connectivity index (χ2n) is 4.98. The first-order valence-electron chi connectivity index (χ1n) is 6.83. The van der Waals surface area contributed by atoms with Crippen LogP contribution < -0.4 is 10.0 Å². The summed E-state index contributed by atoms with van der Waals surface area (Å²) in [5.41, 5.74) is 2.16. The molecule has 0 bridgehead atoms. The minimum absolute atomic E-state index is 0.270. The molecular weight excluding hydrogens is 298 g/mol.